The summed E-state index contributed by atoms with van der Waals surface area (Å²) in [6.45, 7) is 5.99. The fourth-order valence-corrected chi connectivity index (χ4v) is 7.20. The fraction of sp³-hybridized carbons (Fsp3) is 0.531. The van der Waals surface area contributed by atoms with Gasteiger partial charge in [-0.25, -0.2) is 0 Å². The Morgan fingerprint density at radius 1 is 0.902 bits per heavy atom. The first-order chi connectivity index (χ1) is 20.0. The molecule has 0 bridgehead atoms. The number of morpholine rings is 1. The minimum atomic E-state index is -0.602. The van der Waals surface area contributed by atoms with Gasteiger partial charge in [-0.1, -0.05) is 18.6 Å². The number of carbonyl (C=O) groups is 3. The quantitative estimate of drug-likeness (QED) is 0.545. The number of hydrogen-bond donors (Lipinski definition) is 1. The van der Waals surface area contributed by atoms with Crippen LogP contribution in [0.5, 0.6) is 5.75 Å². The van der Waals surface area contributed by atoms with Crippen LogP contribution < -0.4 is 15.0 Å². The average Bonchev–Trinajstić information content (AvgIpc) is 3.29. The molecule has 41 heavy (non-hydrogen) atoms. The summed E-state index contributed by atoms with van der Waals surface area (Å²) in [5.41, 5.74) is 4.20. The Labute approximate surface area is 240 Å². The van der Waals surface area contributed by atoms with Crippen LogP contribution in [0, 0.1) is 0 Å². The van der Waals surface area contributed by atoms with Crippen LogP contribution >= 0.6 is 0 Å². The van der Waals surface area contributed by atoms with Gasteiger partial charge in [-0.05, 0) is 67.1 Å². The number of nitrogens with one attached hydrogen (secondary N) is 1. The maximum atomic E-state index is 13.1. The van der Waals surface area contributed by atoms with Crippen LogP contribution in [0.4, 0.5) is 5.69 Å². The van der Waals surface area contributed by atoms with E-state index in [2.05, 4.69) is 39.4 Å². The highest BCUT2D eigenvalue weighted by Crippen LogP contribution is 2.37. The number of nitrogens with zero attached hydrogens (tertiary/aromatic N) is 3. The van der Waals surface area contributed by atoms with E-state index in [1.54, 1.807) is 4.90 Å². The molecule has 1 unspecified atom stereocenters. The second-order valence-electron chi connectivity index (χ2n) is 12.1. The maximum Gasteiger partial charge on any atom is 0.255 e. The van der Waals surface area contributed by atoms with E-state index in [0.717, 1.165) is 70.0 Å². The topological polar surface area (TPSA) is 91.4 Å². The molecule has 1 saturated carbocycles. The van der Waals surface area contributed by atoms with Crippen molar-refractivity contribution >= 4 is 23.4 Å². The SMILES string of the molecule is O=C1CCC(N2Cc3cc(O[C@H]4CCCC[C@@H]4N4CC(c5ccc(N6CCOCC6)cc5)C4)ccc3C2=O)C(=O)N1. The number of likely N-dealkylation sites (tertiary alicyclic amines) is 1. The Hall–Kier alpha value is -3.43. The molecule has 9 nitrogen and oxygen atoms in total. The maximum absolute atomic E-state index is 13.1. The van der Waals surface area contributed by atoms with Crippen molar-refractivity contribution in [2.24, 2.45) is 0 Å². The molecule has 2 aromatic rings. The zero-order valence-electron chi connectivity index (χ0n) is 23.4. The summed E-state index contributed by atoms with van der Waals surface area (Å²) in [6, 6.07) is 14.6. The number of anilines is 1. The summed E-state index contributed by atoms with van der Waals surface area (Å²) >= 11 is 0. The Balaban J connectivity index is 0.974. The molecular weight excluding hydrogens is 520 g/mol. The third kappa shape index (κ3) is 5.21. The Bertz CT molecular complexity index is 1320. The third-order valence-corrected chi connectivity index (χ3v) is 9.57. The van der Waals surface area contributed by atoms with Crippen molar-refractivity contribution in [3.63, 3.8) is 0 Å². The molecule has 1 N–H and O–H groups in total. The molecule has 0 aromatic heterocycles. The van der Waals surface area contributed by atoms with Crippen molar-refractivity contribution in [3.05, 3.63) is 59.2 Å². The van der Waals surface area contributed by atoms with E-state index in [1.807, 2.05) is 18.2 Å². The summed E-state index contributed by atoms with van der Waals surface area (Å²) in [4.78, 5) is 43.6. The van der Waals surface area contributed by atoms with Crippen molar-refractivity contribution < 1.29 is 23.9 Å². The molecule has 4 heterocycles. The van der Waals surface area contributed by atoms with E-state index in [4.69, 9.17) is 9.47 Å². The number of rotatable bonds is 6. The number of benzene rings is 2. The zero-order valence-corrected chi connectivity index (χ0v) is 23.4. The van der Waals surface area contributed by atoms with Crippen LogP contribution in [0.15, 0.2) is 42.5 Å². The lowest BCUT2D eigenvalue weighted by atomic mass is 9.84. The standard InChI is InChI=1S/C32H38N4O5/c37-30-12-11-28(31(38)33-30)36-20-22-17-25(9-10-26(22)32(36)39)41-29-4-2-1-3-27(29)35-18-23(19-35)21-5-7-24(8-6-21)34-13-15-40-16-14-34/h5-10,17,23,27-29H,1-4,11-16,18-20H2,(H,33,37,38)/t27-,28?,29-/m0/s1. The van der Waals surface area contributed by atoms with Crippen molar-refractivity contribution in [1.82, 2.24) is 15.1 Å². The fourth-order valence-electron chi connectivity index (χ4n) is 7.20. The largest absolute Gasteiger partial charge is 0.489 e. The zero-order chi connectivity index (χ0) is 27.9. The number of fused-ring (bicyclic) bond motifs is 1. The van der Waals surface area contributed by atoms with Gasteiger partial charge >= 0.3 is 0 Å². The van der Waals surface area contributed by atoms with E-state index in [9.17, 15) is 14.4 Å². The van der Waals surface area contributed by atoms with E-state index in [1.165, 1.54) is 17.7 Å². The number of ether oxygens (including phenoxy) is 2. The smallest absolute Gasteiger partial charge is 0.255 e. The number of amides is 3. The number of carbonyl (C=O) groups excluding carboxylic acids is 3. The van der Waals surface area contributed by atoms with Crippen molar-refractivity contribution in [3.8, 4) is 5.75 Å². The summed E-state index contributed by atoms with van der Waals surface area (Å²) in [6.07, 6.45) is 5.29. The number of piperidine rings is 1. The molecular formula is C32H38N4O5. The van der Waals surface area contributed by atoms with Gasteiger partial charge in [-0.15, -0.1) is 0 Å². The summed E-state index contributed by atoms with van der Waals surface area (Å²) in [5, 5.41) is 2.37. The Morgan fingerprint density at radius 2 is 1.68 bits per heavy atom. The molecule has 3 atom stereocenters. The molecule has 9 heteroatoms. The van der Waals surface area contributed by atoms with Crippen LogP contribution in [0.2, 0.25) is 0 Å². The third-order valence-electron chi connectivity index (χ3n) is 9.57. The van der Waals surface area contributed by atoms with Gasteiger partial charge in [0.2, 0.25) is 11.8 Å². The lowest BCUT2D eigenvalue weighted by Gasteiger charge is -2.48. The molecule has 4 fully saturated rings. The first kappa shape index (κ1) is 26.5. The summed E-state index contributed by atoms with van der Waals surface area (Å²) < 4.78 is 12.1. The molecule has 4 aliphatic heterocycles. The summed E-state index contributed by atoms with van der Waals surface area (Å²) in [5.74, 6) is 0.532. The van der Waals surface area contributed by atoms with E-state index < -0.39 is 6.04 Å². The predicted octanol–water partition coefficient (Wildman–Crippen LogP) is 3.07. The molecule has 3 amide bonds. The first-order valence-electron chi connectivity index (χ1n) is 15.1. The van der Waals surface area contributed by atoms with Crippen LogP contribution in [0.1, 0.15) is 65.9 Å². The molecule has 3 saturated heterocycles. The van der Waals surface area contributed by atoms with Gasteiger partial charge in [0.25, 0.3) is 5.91 Å². The average molecular weight is 559 g/mol. The normalized spacial score (nSPS) is 27.4. The monoisotopic (exact) mass is 558 g/mol. The van der Waals surface area contributed by atoms with Crippen LogP contribution in [0.25, 0.3) is 0 Å². The molecule has 0 spiro atoms. The molecule has 2 aromatic carbocycles. The highest BCUT2D eigenvalue weighted by Gasteiger charge is 2.41. The van der Waals surface area contributed by atoms with Crippen LogP contribution in [0.3, 0.4) is 0 Å². The van der Waals surface area contributed by atoms with E-state index in [-0.39, 0.29) is 30.2 Å². The van der Waals surface area contributed by atoms with E-state index >= 15 is 0 Å². The lowest BCUT2D eigenvalue weighted by molar-refractivity contribution is -0.136. The number of hydrogen-bond acceptors (Lipinski definition) is 7. The molecule has 5 aliphatic rings. The number of imide groups is 1. The molecule has 1 aliphatic carbocycles. The van der Waals surface area contributed by atoms with Gasteiger partial charge in [0.05, 0.1) is 13.2 Å². The molecule has 0 radical (unpaired) electrons. The van der Waals surface area contributed by atoms with Gasteiger partial charge in [0.1, 0.15) is 17.9 Å². The van der Waals surface area contributed by atoms with Crippen LogP contribution in [-0.4, -0.2) is 85.1 Å². The second kappa shape index (κ2) is 11.1. The van der Waals surface area contributed by atoms with Gasteiger partial charge in [0.15, 0.2) is 0 Å². The minimum absolute atomic E-state index is 0.120. The predicted molar refractivity (Wildman–Crippen MR) is 153 cm³/mol. The highest BCUT2D eigenvalue weighted by molar-refractivity contribution is 6.05. The van der Waals surface area contributed by atoms with Crippen molar-refractivity contribution in [2.45, 2.75) is 69.2 Å². The van der Waals surface area contributed by atoms with E-state index in [0.29, 0.717) is 30.5 Å². The van der Waals surface area contributed by atoms with Gasteiger partial charge in [0, 0.05) is 62.4 Å². The highest BCUT2D eigenvalue weighted by atomic mass is 16.5. The first-order valence-corrected chi connectivity index (χ1v) is 15.1. The second-order valence-corrected chi connectivity index (χ2v) is 12.1. The Morgan fingerprint density at radius 3 is 2.46 bits per heavy atom. The van der Waals surface area contributed by atoms with Crippen LogP contribution in [-0.2, 0) is 20.9 Å². The lowest BCUT2D eigenvalue weighted by Crippen LogP contribution is -2.57. The van der Waals surface area contributed by atoms with Gasteiger partial charge < -0.3 is 19.3 Å². The van der Waals surface area contributed by atoms with Gasteiger partial charge in [-0.3, -0.25) is 24.6 Å². The van der Waals surface area contributed by atoms with Crippen molar-refractivity contribution in [1.29, 1.82) is 0 Å². The van der Waals surface area contributed by atoms with Gasteiger partial charge in [-0.2, -0.15) is 0 Å². The minimum Gasteiger partial charge on any atom is -0.489 e. The van der Waals surface area contributed by atoms with Crippen molar-refractivity contribution in [2.75, 3.05) is 44.3 Å². The summed E-state index contributed by atoms with van der Waals surface area (Å²) in [7, 11) is 0. The Kier molecular flexibility index (Phi) is 7.16. The molecule has 7 rings (SSSR count). The molecule has 216 valence electrons.